The van der Waals surface area contributed by atoms with E-state index >= 15 is 0 Å². The van der Waals surface area contributed by atoms with Crippen molar-refractivity contribution in [3.8, 4) is 16.9 Å². The minimum absolute atomic E-state index is 0.198. The number of ether oxygens (including phenoxy) is 3. The van der Waals surface area contributed by atoms with Crippen LogP contribution in [0.2, 0.25) is 0 Å². The molecule has 8 nitrogen and oxygen atoms in total. The van der Waals surface area contributed by atoms with Crippen molar-refractivity contribution in [3.05, 3.63) is 41.3 Å². The maximum Gasteiger partial charge on any atom is 0.360 e. The largest absolute Gasteiger partial charge is 0.497 e. The first-order valence-electron chi connectivity index (χ1n) is 9.22. The molecule has 0 spiro atoms. The Balaban J connectivity index is 2.23. The zero-order chi connectivity index (χ0) is 20.1. The van der Waals surface area contributed by atoms with Crippen molar-refractivity contribution in [2.75, 3.05) is 20.8 Å². The maximum absolute atomic E-state index is 12.3. The predicted octanol–water partition coefficient (Wildman–Crippen LogP) is 3.08. The van der Waals surface area contributed by atoms with Crippen LogP contribution in [0.4, 0.5) is 0 Å². The van der Waals surface area contributed by atoms with Crippen molar-refractivity contribution >= 4 is 11.6 Å². The Morgan fingerprint density at radius 1 is 1.11 bits per heavy atom. The highest BCUT2D eigenvalue weighted by Gasteiger charge is 2.24. The summed E-state index contributed by atoms with van der Waals surface area (Å²) in [6.07, 6.45) is 1.45. The summed E-state index contributed by atoms with van der Waals surface area (Å²) in [7, 11) is 3.24. The Kier molecular flexibility index (Phi) is 6.20. The summed E-state index contributed by atoms with van der Waals surface area (Å²) in [4.78, 5) is 12.3. The number of carbonyl (C=O) groups is 1. The average Bonchev–Trinajstić information content (AvgIpc) is 3.07. The molecular weight excluding hydrogens is 360 g/mol. The third-order valence-electron chi connectivity index (χ3n) is 4.32. The van der Waals surface area contributed by atoms with Gasteiger partial charge in [0, 0.05) is 7.11 Å². The normalized spacial score (nSPS) is 11.0. The zero-order valence-corrected chi connectivity index (χ0v) is 16.6. The fraction of sp³-hybridized carbons (Fsp3) is 0.400. The Hall–Kier alpha value is -3.00. The second-order valence-electron chi connectivity index (χ2n) is 6.18. The van der Waals surface area contributed by atoms with Crippen LogP contribution in [-0.2, 0) is 22.5 Å². The number of methoxy groups -OCH3 is 2. The summed E-state index contributed by atoms with van der Waals surface area (Å²) in [5.74, 6) is 0.269. The lowest BCUT2D eigenvalue weighted by Gasteiger charge is -2.09. The Morgan fingerprint density at radius 2 is 1.86 bits per heavy atom. The summed E-state index contributed by atoms with van der Waals surface area (Å²) >= 11 is 0. The zero-order valence-electron chi connectivity index (χ0n) is 16.6. The quantitative estimate of drug-likeness (QED) is 0.552. The highest BCUT2D eigenvalue weighted by molar-refractivity contribution is 5.89. The van der Waals surface area contributed by atoms with Gasteiger partial charge in [0.05, 0.1) is 37.3 Å². The van der Waals surface area contributed by atoms with E-state index in [1.165, 1.54) is 0 Å². The number of aryl methyl sites for hydroxylation is 1. The molecule has 0 bridgehead atoms. The summed E-state index contributed by atoms with van der Waals surface area (Å²) < 4.78 is 17.4. The van der Waals surface area contributed by atoms with E-state index in [2.05, 4.69) is 10.2 Å². The number of nitrogens with zero attached hydrogens (tertiary/aromatic N) is 4. The molecule has 0 aliphatic rings. The van der Waals surface area contributed by atoms with Crippen molar-refractivity contribution in [1.82, 2.24) is 19.8 Å². The van der Waals surface area contributed by atoms with Crippen molar-refractivity contribution < 1.29 is 19.0 Å². The third kappa shape index (κ3) is 3.68. The second kappa shape index (κ2) is 8.79. The van der Waals surface area contributed by atoms with Gasteiger partial charge < -0.3 is 14.2 Å². The van der Waals surface area contributed by atoms with E-state index < -0.39 is 5.97 Å². The fourth-order valence-electron chi connectivity index (χ4n) is 3.10. The number of carbonyl (C=O) groups excluding carboxylic acids is 1. The lowest BCUT2D eigenvalue weighted by Crippen LogP contribution is -2.16. The van der Waals surface area contributed by atoms with E-state index in [0.29, 0.717) is 24.4 Å². The molecule has 0 fully saturated rings. The Morgan fingerprint density at radius 3 is 2.46 bits per heavy atom. The molecular formula is C20H24N4O4. The highest BCUT2D eigenvalue weighted by Crippen LogP contribution is 2.30. The molecule has 3 rings (SSSR count). The van der Waals surface area contributed by atoms with Gasteiger partial charge in [0.1, 0.15) is 5.75 Å². The third-order valence-corrected chi connectivity index (χ3v) is 4.32. The van der Waals surface area contributed by atoms with Crippen LogP contribution in [0.15, 0.2) is 24.3 Å². The fourth-order valence-corrected chi connectivity index (χ4v) is 3.10. The van der Waals surface area contributed by atoms with E-state index in [0.717, 1.165) is 29.0 Å². The minimum Gasteiger partial charge on any atom is -0.497 e. The maximum atomic E-state index is 12.3. The van der Waals surface area contributed by atoms with Crippen LogP contribution in [0.25, 0.3) is 16.8 Å². The van der Waals surface area contributed by atoms with Crippen LogP contribution in [0, 0.1) is 0 Å². The van der Waals surface area contributed by atoms with Gasteiger partial charge in [0.25, 0.3) is 0 Å². The lowest BCUT2D eigenvalue weighted by atomic mass is 10.1. The van der Waals surface area contributed by atoms with Gasteiger partial charge in [0.15, 0.2) is 11.3 Å². The number of hydrogen-bond acceptors (Lipinski definition) is 7. The van der Waals surface area contributed by atoms with Gasteiger partial charge in [-0.2, -0.15) is 5.10 Å². The van der Waals surface area contributed by atoms with Crippen LogP contribution in [0.3, 0.4) is 0 Å². The van der Waals surface area contributed by atoms with E-state index in [-0.39, 0.29) is 12.3 Å². The molecule has 0 saturated heterocycles. The van der Waals surface area contributed by atoms with Crippen LogP contribution < -0.4 is 4.74 Å². The van der Waals surface area contributed by atoms with Gasteiger partial charge in [-0.1, -0.05) is 25.5 Å². The summed E-state index contributed by atoms with van der Waals surface area (Å²) in [5, 5.41) is 13.2. The second-order valence-corrected chi connectivity index (χ2v) is 6.18. The number of hydrogen-bond donors (Lipinski definition) is 0. The first-order chi connectivity index (χ1) is 13.6. The smallest absolute Gasteiger partial charge is 0.360 e. The molecule has 0 amide bonds. The van der Waals surface area contributed by atoms with Crippen molar-refractivity contribution in [2.45, 2.75) is 33.3 Å². The minimum atomic E-state index is -0.491. The molecule has 8 heteroatoms. The standard InChI is InChI=1S/C20H24N4O4/c1-5-7-16-18(20(25)28-6-2)21-22-19-17(15(12-26-3)23-24(16)19)13-8-10-14(27-4)11-9-13/h8-11H,5-7,12H2,1-4H3. The average molecular weight is 384 g/mol. The predicted molar refractivity (Wildman–Crippen MR) is 103 cm³/mol. The number of rotatable bonds is 8. The highest BCUT2D eigenvalue weighted by atomic mass is 16.5. The van der Waals surface area contributed by atoms with Crippen molar-refractivity contribution in [3.63, 3.8) is 0 Å². The topological polar surface area (TPSA) is 87.8 Å². The van der Waals surface area contributed by atoms with Crippen LogP contribution in [-0.4, -0.2) is 46.6 Å². The van der Waals surface area contributed by atoms with Gasteiger partial charge in [-0.25, -0.2) is 9.31 Å². The van der Waals surface area contributed by atoms with Gasteiger partial charge in [-0.3, -0.25) is 0 Å². The van der Waals surface area contributed by atoms with E-state index in [1.807, 2.05) is 31.2 Å². The molecule has 0 N–H and O–H groups in total. The van der Waals surface area contributed by atoms with E-state index in [4.69, 9.17) is 19.3 Å². The van der Waals surface area contributed by atoms with Crippen LogP contribution >= 0.6 is 0 Å². The first kappa shape index (κ1) is 19.8. The molecule has 2 aromatic heterocycles. The molecule has 0 radical (unpaired) electrons. The molecule has 1 aromatic carbocycles. The van der Waals surface area contributed by atoms with Gasteiger partial charge in [-0.05, 0) is 31.0 Å². The first-order valence-corrected chi connectivity index (χ1v) is 9.22. The van der Waals surface area contributed by atoms with Crippen molar-refractivity contribution in [2.24, 2.45) is 0 Å². The molecule has 3 aromatic rings. The lowest BCUT2D eigenvalue weighted by molar-refractivity contribution is 0.0515. The summed E-state index contributed by atoms with van der Waals surface area (Å²) in [6.45, 7) is 4.38. The molecule has 148 valence electrons. The van der Waals surface area contributed by atoms with Crippen LogP contribution in [0.1, 0.15) is 42.1 Å². The number of benzene rings is 1. The van der Waals surface area contributed by atoms with Gasteiger partial charge in [-0.15, -0.1) is 10.2 Å². The number of esters is 1. The number of fused-ring (bicyclic) bond motifs is 1. The monoisotopic (exact) mass is 384 g/mol. The summed E-state index contributed by atoms with van der Waals surface area (Å²) in [5.41, 5.74) is 3.93. The molecule has 0 unspecified atom stereocenters. The van der Waals surface area contributed by atoms with Crippen molar-refractivity contribution in [1.29, 1.82) is 0 Å². The Labute approximate surface area is 163 Å². The van der Waals surface area contributed by atoms with Crippen LogP contribution in [0.5, 0.6) is 5.75 Å². The molecule has 0 aliphatic carbocycles. The SMILES string of the molecule is CCCc1c(C(=O)OCC)nnc2c(-c3ccc(OC)cc3)c(COC)nn12. The Bertz CT molecular complexity index is 966. The molecule has 28 heavy (non-hydrogen) atoms. The molecule has 0 aliphatic heterocycles. The van der Waals surface area contributed by atoms with Gasteiger partial charge >= 0.3 is 5.97 Å². The van der Waals surface area contributed by atoms with E-state index in [9.17, 15) is 4.79 Å². The van der Waals surface area contributed by atoms with E-state index in [1.54, 1.807) is 25.7 Å². The molecule has 2 heterocycles. The molecule has 0 atom stereocenters. The summed E-state index contributed by atoms with van der Waals surface area (Å²) in [6, 6.07) is 7.64. The number of aromatic nitrogens is 4. The molecule has 0 saturated carbocycles. The van der Waals surface area contributed by atoms with Gasteiger partial charge in [0.2, 0.25) is 0 Å².